The third-order valence-electron chi connectivity index (χ3n) is 1.97. The topological polar surface area (TPSA) is 34.9 Å². The molecule has 3 nitrogen and oxygen atoms in total. The first-order chi connectivity index (χ1) is 6.77. The molecular formula is C11H10N2O. The Balaban J connectivity index is 2.56. The summed E-state index contributed by atoms with van der Waals surface area (Å²) < 4.78 is 1.51. The Hall–Kier alpha value is -1.90. The molecule has 2 rings (SSSR count). The van der Waals surface area contributed by atoms with Crippen molar-refractivity contribution < 1.29 is 0 Å². The van der Waals surface area contributed by atoms with Gasteiger partial charge in [0.05, 0.1) is 0 Å². The molecule has 0 fully saturated rings. The number of pyridine rings is 2. The van der Waals surface area contributed by atoms with Crippen LogP contribution in [-0.4, -0.2) is 9.55 Å². The smallest absolute Gasteiger partial charge is 0.256 e. The van der Waals surface area contributed by atoms with E-state index in [-0.39, 0.29) is 5.56 Å². The van der Waals surface area contributed by atoms with Crippen LogP contribution in [-0.2, 0) is 0 Å². The lowest BCUT2D eigenvalue weighted by molar-refractivity contribution is 0.938. The van der Waals surface area contributed by atoms with E-state index in [1.54, 1.807) is 18.5 Å². The summed E-state index contributed by atoms with van der Waals surface area (Å²) in [4.78, 5) is 15.6. The van der Waals surface area contributed by atoms with Crippen LogP contribution < -0.4 is 5.56 Å². The lowest BCUT2D eigenvalue weighted by Gasteiger charge is -2.03. The van der Waals surface area contributed by atoms with Gasteiger partial charge in [0.2, 0.25) is 0 Å². The molecule has 14 heavy (non-hydrogen) atoms. The van der Waals surface area contributed by atoms with Gasteiger partial charge in [0.1, 0.15) is 5.82 Å². The zero-order chi connectivity index (χ0) is 9.97. The van der Waals surface area contributed by atoms with Crippen LogP contribution in [0.1, 0.15) is 5.56 Å². The normalized spacial score (nSPS) is 10.1. The van der Waals surface area contributed by atoms with E-state index < -0.39 is 0 Å². The number of aryl methyl sites for hydroxylation is 1. The first kappa shape index (κ1) is 8.69. The van der Waals surface area contributed by atoms with Crippen LogP contribution >= 0.6 is 0 Å². The molecule has 0 spiro atoms. The molecule has 0 radical (unpaired) electrons. The molecule has 0 atom stereocenters. The zero-order valence-electron chi connectivity index (χ0n) is 7.84. The van der Waals surface area contributed by atoms with Gasteiger partial charge in [-0.15, -0.1) is 0 Å². The molecule has 0 saturated carbocycles. The predicted octanol–water partition coefficient (Wildman–Crippen LogP) is 1.54. The highest BCUT2D eigenvalue weighted by molar-refractivity contribution is 5.25. The fourth-order valence-corrected chi connectivity index (χ4v) is 1.22. The van der Waals surface area contributed by atoms with Gasteiger partial charge in [-0.25, -0.2) is 4.98 Å². The minimum absolute atomic E-state index is 0.0659. The van der Waals surface area contributed by atoms with Crippen LogP contribution in [0.4, 0.5) is 0 Å². The maximum atomic E-state index is 11.4. The molecule has 0 amide bonds. The molecule has 0 bridgehead atoms. The average Bonchev–Trinajstić information content (AvgIpc) is 2.20. The molecule has 0 aliphatic heterocycles. The average molecular weight is 186 g/mol. The van der Waals surface area contributed by atoms with Crippen molar-refractivity contribution in [2.75, 3.05) is 0 Å². The summed E-state index contributed by atoms with van der Waals surface area (Å²) in [7, 11) is 0. The van der Waals surface area contributed by atoms with Crippen molar-refractivity contribution in [3.8, 4) is 5.82 Å². The predicted molar refractivity (Wildman–Crippen MR) is 54.6 cm³/mol. The maximum absolute atomic E-state index is 11.4. The molecule has 0 aromatic carbocycles. The van der Waals surface area contributed by atoms with Crippen LogP contribution in [0.25, 0.3) is 5.82 Å². The van der Waals surface area contributed by atoms with Gasteiger partial charge in [-0.1, -0.05) is 12.1 Å². The van der Waals surface area contributed by atoms with Crippen molar-refractivity contribution in [1.82, 2.24) is 9.55 Å². The highest BCUT2D eigenvalue weighted by atomic mass is 16.1. The Morgan fingerprint density at radius 1 is 1.21 bits per heavy atom. The van der Waals surface area contributed by atoms with E-state index in [0.29, 0.717) is 5.82 Å². The van der Waals surface area contributed by atoms with E-state index in [4.69, 9.17) is 0 Å². The van der Waals surface area contributed by atoms with Crippen LogP contribution in [0.15, 0.2) is 47.5 Å². The van der Waals surface area contributed by atoms with Crippen LogP contribution in [0, 0.1) is 6.92 Å². The second-order valence-electron chi connectivity index (χ2n) is 3.10. The number of rotatable bonds is 1. The van der Waals surface area contributed by atoms with Gasteiger partial charge in [-0.2, -0.15) is 0 Å². The summed E-state index contributed by atoms with van der Waals surface area (Å²) >= 11 is 0. The second kappa shape index (κ2) is 3.46. The summed E-state index contributed by atoms with van der Waals surface area (Å²) in [5.41, 5.74) is 1.02. The fourth-order valence-electron chi connectivity index (χ4n) is 1.22. The number of aromatic nitrogens is 2. The van der Waals surface area contributed by atoms with E-state index in [2.05, 4.69) is 4.98 Å². The van der Waals surface area contributed by atoms with Crippen molar-refractivity contribution >= 4 is 0 Å². The first-order valence-corrected chi connectivity index (χ1v) is 4.38. The number of hydrogen-bond acceptors (Lipinski definition) is 2. The van der Waals surface area contributed by atoms with Gasteiger partial charge in [-0.05, 0) is 24.6 Å². The van der Waals surface area contributed by atoms with Crippen molar-refractivity contribution in [2.24, 2.45) is 0 Å². The molecule has 0 unspecified atom stereocenters. The molecule has 2 aromatic rings. The SMILES string of the molecule is Cc1ccc(-n2ccccc2=O)nc1. The molecule has 0 aliphatic rings. The van der Waals surface area contributed by atoms with Crippen molar-refractivity contribution in [1.29, 1.82) is 0 Å². The Bertz CT molecular complexity index is 485. The second-order valence-corrected chi connectivity index (χ2v) is 3.10. The Labute approximate surface area is 81.7 Å². The van der Waals surface area contributed by atoms with Crippen LogP contribution in [0.3, 0.4) is 0 Å². The molecule has 2 heterocycles. The highest BCUT2D eigenvalue weighted by Crippen LogP contribution is 2.01. The molecule has 2 aromatic heterocycles. The minimum Gasteiger partial charge on any atom is -0.269 e. The van der Waals surface area contributed by atoms with E-state index in [9.17, 15) is 4.79 Å². The Morgan fingerprint density at radius 2 is 2.07 bits per heavy atom. The summed E-state index contributed by atoms with van der Waals surface area (Å²) in [6, 6.07) is 8.80. The van der Waals surface area contributed by atoms with Gasteiger partial charge in [0, 0.05) is 18.5 Å². The van der Waals surface area contributed by atoms with Crippen LogP contribution in [0.2, 0.25) is 0 Å². The largest absolute Gasteiger partial charge is 0.269 e. The van der Waals surface area contributed by atoms with E-state index >= 15 is 0 Å². The Morgan fingerprint density at radius 3 is 2.71 bits per heavy atom. The van der Waals surface area contributed by atoms with Gasteiger partial charge >= 0.3 is 0 Å². The molecule has 3 heteroatoms. The lowest BCUT2D eigenvalue weighted by Crippen LogP contribution is -2.16. The highest BCUT2D eigenvalue weighted by Gasteiger charge is 1.97. The van der Waals surface area contributed by atoms with Gasteiger partial charge in [0.25, 0.3) is 5.56 Å². The first-order valence-electron chi connectivity index (χ1n) is 4.38. The van der Waals surface area contributed by atoms with Gasteiger partial charge in [-0.3, -0.25) is 9.36 Å². The molecule has 70 valence electrons. The van der Waals surface area contributed by atoms with Crippen molar-refractivity contribution in [2.45, 2.75) is 6.92 Å². The monoisotopic (exact) mass is 186 g/mol. The van der Waals surface area contributed by atoms with Gasteiger partial charge in [0.15, 0.2) is 0 Å². The molecule has 0 N–H and O–H groups in total. The van der Waals surface area contributed by atoms with E-state index in [0.717, 1.165) is 5.56 Å². The standard InChI is InChI=1S/C11H10N2O/c1-9-5-6-10(12-8-9)13-7-3-2-4-11(13)14/h2-8H,1H3. The number of nitrogens with zero attached hydrogens (tertiary/aromatic N) is 2. The van der Waals surface area contributed by atoms with Crippen molar-refractivity contribution in [3.05, 3.63) is 58.6 Å². The van der Waals surface area contributed by atoms with E-state index in [1.165, 1.54) is 10.6 Å². The van der Waals surface area contributed by atoms with E-state index in [1.807, 2.05) is 25.1 Å². The number of hydrogen-bond donors (Lipinski definition) is 0. The molecule has 0 aliphatic carbocycles. The lowest BCUT2D eigenvalue weighted by atomic mass is 10.3. The summed E-state index contributed by atoms with van der Waals surface area (Å²) in [5.74, 6) is 0.654. The summed E-state index contributed by atoms with van der Waals surface area (Å²) in [5, 5.41) is 0. The maximum Gasteiger partial charge on any atom is 0.256 e. The fraction of sp³-hybridized carbons (Fsp3) is 0.0909. The Kier molecular flexibility index (Phi) is 2.14. The minimum atomic E-state index is -0.0659. The van der Waals surface area contributed by atoms with Crippen molar-refractivity contribution in [3.63, 3.8) is 0 Å². The van der Waals surface area contributed by atoms with Gasteiger partial charge < -0.3 is 0 Å². The summed E-state index contributed by atoms with van der Waals surface area (Å²) in [6.07, 6.45) is 3.45. The van der Waals surface area contributed by atoms with Crippen LogP contribution in [0.5, 0.6) is 0 Å². The molecular weight excluding hydrogens is 176 g/mol. The zero-order valence-corrected chi connectivity index (χ0v) is 7.84. The third kappa shape index (κ3) is 1.57. The summed E-state index contributed by atoms with van der Waals surface area (Å²) in [6.45, 7) is 1.96. The third-order valence-corrected chi connectivity index (χ3v) is 1.97. The molecule has 0 saturated heterocycles. The quantitative estimate of drug-likeness (QED) is 0.677.